The van der Waals surface area contributed by atoms with Gasteiger partial charge in [0.15, 0.2) is 4.80 Å². The van der Waals surface area contributed by atoms with Crippen LogP contribution in [0.2, 0.25) is 10.0 Å². The number of nitrogens with zero attached hydrogens (tertiary/aromatic N) is 2. The first kappa shape index (κ1) is 31.5. The summed E-state index contributed by atoms with van der Waals surface area (Å²) >= 11 is 14.1. The van der Waals surface area contributed by atoms with Crippen molar-refractivity contribution in [2.24, 2.45) is 4.99 Å². The zero-order valence-corrected chi connectivity index (χ0v) is 26.7. The number of para-hydroxylation sites is 1. The summed E-state index contributed by atoms with van der Waals surface area (Å²) in [6.07, 6.45) is 1.49. The lowest BCUT2D eigenvalue weighted by atomic mass is 9.95. The lowest BCUT2D eigenvalue weighted by Crippen LogP contribution is -2.40. The maximum atomic E-state index is 14.2. The van der Waals surface area contributed by atoms with Crippen LogP contribution in [0, 0.1) is 5.82 Å². The second kappa shape index (κ2) is 13.4. The minimum atomic E-state index is -0.848. The second-order valence-corrected chi connectivity index (χ2v) is 12.1. The Morgan fingerprint density at radius 2 is 1.86 bits per heavy atom. The van der Waals surface area contributed by atoms with Gasteiger partial charge in [0.05, 0.1) is 33.5 Å². The van der Waals surface area contributed by atoms with Gasteiger partial charge in [-0.25, -0.2) is 14.2 Å². The second-order valence-electron chi connectivity index (χ2n) is 10.2. The van der Waals surface area contributed by atoms with Crippen molar-refractivity contribution in [3.05, 3.63) is 124 Å². The van der Waals surface area contributed by atoms with Crippen molar-refractivity contribution in [1.29, 1.82) is 0 Å². The van der Waals surface area contributed by atoms with Crippen molar-refractivity contribution in [2.45, 2.75) is 46.4 Å². The maximum absolute atomic E-state index is 14.2. The molecule has 1 aliphatic heterocycles. The van der Waals surface area contributed by atoms with Crippen LogP contribution in [-0.4, -0.2) is 23.2 Å². The van der Waals surface area contributed by atoms with Crippen molar-refractivity contribution >= 4 is 46.6 Å². The third kappa shape index (κ3) is 6.60. The molecule has 0 bridgehead atoms. The molecule has 0 saturated heterocycles. The fraction of sp³-hybridized carbons (Fsp3) is 0.242. The quantitative estimate of drug-likeness (QED) is 0.190. The first-order valence-electron chi connectivity index (χ1n) is 13.9. The largest absolute Gasteiger partial charge is 0.491 e. The Hall–Kier alpha value is -3.92. The van der Waals surface area contributed by atoms with Gasteiger partial charge in [-0.1, -0.05) is 64.9 Å². The van der Waals surface area contributed by atoms with Crippen LogP contribution in [0.25, 0.3) is 6.08 Å². The van der Waals surface area contributed by atoms with E-state index in [1.54, 1.807) is 44.2 Å². The highest BCUT2D eigenvalue weighted by molar-refractivity contribution is 7.07. The molecular formula is C33H29Cl2FN2O5S. The van der Waals surface area contributed by atoms with Gasteiger partial charge >= 0.3 is 5.97 Å². The minimum Gasteiger partial charge on any atom is -0.491 e. The Balaban J connectivity index is 1.67. The van der Waals surface area contributed by atoms with Gasteiger partial charge in [0.25, 0.3) is 5.56 Å². The van der Waals surface area contributed by atoms with E-state index in [0.29, 0.717) is 42.7 Å². The number of ether oxygens (including phenoxy) is 3. The Bertz CT molecular complexity index is 1930. The van der Waals surface area contributed by atoms with E-state index in [0.717, 1.165) is 16.9 Å². The first-order chi connectivity index (χ1) is 21.1. The molecule has 1 aromatic heterocycles. The lowest BCUT2D eigenvalue weighted by molar-refractivity contribution is -0.139. The van der Waals surface area contributed by atoms with Gasteiger partial charge in [-0.3, -0.25) is 9.36 Å². The van der Waals surface area contributed by atoms with E-state index < -0.39 is 12.0 Å². The smallest absolute Gasteiger partial charge is 0.338 e. The highest BCUT2D eigenvalue weighted by atomic mass is 35.5. The molecule has 5 rings (SSSR count). The average molecular weight is 656 g/mol. The van der Waals surface area contributed by atoms with E-state index in [-0.39, 0.29) is 41.3 Å². The summed E-state index contributed by atoms with van der Waals surface area (Å²) in [6, 6.07) is 15.6. The van der Waals surface area contributed by atoms with Crippen LogP contribution in [0.5, 0.6) is 11.5 Å². The molecule has 0 unspecified atom stereocenters. The van der Waals surface area contributed by atoms with Crippen molar-refractivity contribution < 1.29 is 23.4 Å². The number of rotatable bonds is 9. The van der Waals surface area contributed by atoms with Crippen molar-refractivity contribution in [3.8, 4) is 11.5 Å². The maximum Gasteiger partial charge on any atom is 0.338 e. The first-order valence-corrected chi connectivity index (χ1v) is 15.5. The normalized spacial score (nSPS) is 14.8. The third-order valence-electron chi connectivity index (χ3n) is 6.71. The van der Waals surface area contributed by atoms with Crippen molar-refractivity contribution in [3.63, 3.8) is 0 Å². The number of carbonyl (C=O) groups is 1. The summed E-state index contributed by atoms with van der Waals surface area (Å²) in [5.74, 6) is -0.0728. The molecule has 0 amide bonds. The molecule has 0 aliphatic carbocycles. The Kier molecular flexibility index (Phi) is 9.58. The predicted molar refractivity (Wildman–Crippen MR) is 170 cm³/mol. The third-order valence-corrected chi connectivity index (χ3v) is 8.20. The van der Waals surface area contributed by atoms with Crippen molar-refractivity contribution in [1.82, 2.24) is 4.57 Å². The molecule has 0 fully saturated rings. The van der Waals surface area contributed by atoms with Crippen LogP contribution in [-0.2, 0) is 16.1 Å². The van der Waals surface area contributed by atoms with E-state index >= 15 is 0 Å². The van der Waals surface area contributed by atoms with Crippen LogP contribution in [0.1, 0.15) is 50.4 Å². The number of thiazole rings is 1. The molecule has 1 aliphatic rings. The zero-order valence-electron chi connectivity index (χ0n) is 24.4. The number of fused-ring (bicyclic) bond motifs is 1. The number of hydrogen-bond acceptors (Lipinski definition) is 7. The molecular weight excluding hydrogens is 626 g/mol. The molecule has 2 heterocycles. The van der Waals surface area contributed by atoms with Crippen LogP contribution in [0.4, 0.5) is 4.39 Å². The van der Waals surface area contributed by atoms with Gasteiger partial charge < -0.3 is 14.2 Å². The Morgan fingerprint density at radius 1 is 1.14 bits per heavy atom. The number of halogens is 3. The minimum absolute atomic E-state index is 0.110. The van der Waals surface area contributed by atoms with E-state index in [4.69, 9.17) is 37.4 Å². The molecule has 0 spiro atoms. The van der Waals surface area contributed by atoms with E-state index in [9.17, 15) is 14.0 Å². The molecule has 1 atom stereocenters. The van der Waals surface area contributed by atoms with Gasteiger partial charge in [-0.15, -0.1) is 0 Å². The molecule has 4 aromatic rings. The SMILES string of the molecule is CCOC(=O)C1=C(C)N=c2s/c(=C\c3cc(Cl)cc(Cl)c3OCc3ccc(F)cc3)c(=O)n2[C@@H]1c1ccccc1OC(C)C. The van der Waals surface area contributed by atoms with Gasteiger partial charge in [-0.05, 0) is 69.7 Å². The summed E-state index contributed by atoms with van der Waals surface area (Å²) in [5.41, 5.74) is 2.13. The standard InChI is InChI=1S/C33H29Cl2FN2O5S/c1-5-41-32(40)28-19(4)37-33-38(29(28)24-8-6-7-9-26(24)43-18(2)3)31(39)27(44-33)15-21-14-22(34)16-25(35)30(21)42-17-20-10-12-23(36)13-11-20/h6-16,18,29H,5,17H2,1-4H3/b27-15-/t29-/m1/s1. The van der Waals surface area contributed by atoms with Crippen LogP contribution >= 0.6 is 34.5 Å². The van der Waals surface area contributed by atoms with Gasteiger partial charge in [0.2, 0.25) is 0 Å². The summed E-state index contributed by atoms with van der Waals surface area (Å²) in [4.78, 5) is 32.5. The predicted octanol–water partition coefficient (Wildman–Crippen LogP) is 6.61. The van der Waals surface area contributed by atoms with Crippen LogP contribution in [0.15, 0.2) is 81.7 Å². The van der Waals surface area contributed by atoms with E-state index in [1.165, 1.54) is 16.7 Å². The molecule has 228 valence electrons. The Morgan fingerprint density at radius 3 is 2.57 bits per heavy atom. The topological polar surface area (TPSA) is 79.1 Å². The lowest BCUT2D eigenvalue weighted by Gasteiger charge is -2.26. The van der Waals surface area contributed by atoms with E-state index in [1.807, 2.05) is 38.1 Å². The van der Waals surface area contributed by atoms with Crippen LogP contribution in [0.3, 0.4) is 0 Å². The summed E-state index contributed by atoms with van der Waals surface area (Å²) in [6.45, 7) is 7.52. The van der Waals surface area contributed by atoms with Crippen molar-refractivity contribution in [2.75, 3.05) is 6.61 Å². The van der Waals surface area contributed by atoms with Gasteiger partial charge in [0, 0.05) is 16.1 Å². The fourth-order valence-electron chi connectivity index (χ4n) is 4.87. The molecule has 0 N–H and O–H groups in total. The molecule has 7 nitrogen and oxygen atoms in total. The van der Waals surface area contributed by atoms with Gasteiger partial charge in [0.1, 0.15) is 30.0 Å². The molecule has 44 heavy (non-hydrogen) atoms. The highest BCUT2D eigenvalue weighted by Crippen LogP contribution is 2.37. The number of aromatic nitrogens is 1. The fourth-order valence-corrected chi connectivity index (χ4v) is 6.47. The summed E-state index contributed by atoms with van der Waals surface area (Å²) in [7, 11) is 0. The number of esters is 1. The number of benzene rings is 3. The number of hydrogen-bond donors (Lipinski definition) is 0. The highest BCUT2D eigenvalue weighted by Gasteiger charge is 2.35. The van der Waals surface area contributed by atoms with E-state index in [2.05, 4.69) is 4.99 Å². The molecule has 11 heteroatoms. The van der Waals surface area contributed by atoms with Gasteiger partial charge in [-0.2, -0.15) is 0 Å². The summed E-state index contributed by atoms with van der Waals surface area (Å²) in [5, 5.41) is 0.595. The Labute approximate surface area is 267 Å². The molecule has 0 radical (unpaired) electrons. The summed E-state index contributed by atoms with van der Waals surface area (Å²) < 4.78 is 32.7. The monoisotopic (exact) mass is 654 g/mol. The average Bonchev–Trinajstić information content (AvgIpc) is 3.26. The zero-order chi connectivity index (χ0) is 31.5. The number of carbonyl (C=O) groups excluding carboxylic acids is 1. The van der Waals surface area contributed by atoms with Crippen LogP contribution < -0.4 is 24.4 Å². The number of allylic oxidation sites excluding steroid dienone is 1. The molecule has 0 saturated carbocycles. The molecule has 3 aromatic carbocycles.